The van der Waals surface area contributed by atoms with Gasteiger partial charge in [-0.15, -0.1) is 11.3 Å². The molecule has 3 aromatic rings. The lowest BCUT2D eigenvalue weighted by atomic mass is 10.2. The number of aromatic nitrogens is 2. The minimum absolute atomic E-state index is 0.115. The second-order valence-corrected chi connectivity index (χ2v) is 5.83. The van der Waals surface area contributed by atoms with Crippen molar-refractivity contribution in [3.05, 3.63) is 46.3 Å². The topological polar surface area (TPSA) is 63.8 Å². The van der Waals surface area contributed by atoms with Crippen molar-refractivity contribution in [3.63, 3.8) is 0 Å². The van der Waals surface area contributed by atoms with Crippen molar-refractivity contribution in [3.8, 4) is 0 Å². The van der Waals surface area contributed by atoms with Crippen molar-refractivity contribution in [1.29, 1.82) is 0 Å². The predicted molar refractivity (Wildman–Crippen MR) is 80.2 cm³/mol. The van der Waals surface area contributed by atoms with Gasteiger partial charge in [0.2, 0.25) is 5.95 Å². The Labute approximate surface area is 123 Å². The normalized spacial score (nSPS) is 11.0. The Morgan fingerprint density at radius 2 is 2.05 bits per heavy atom. The van der Waals surface area contributed by atoms with Crippen LogP contribution in [-0.4, -0.2) is 9.97 Å². The van der Waals surface area contributed by atoms with Gasteiger partial charge in [0.1, 0.15) is 22.3 Å². The number of rotatable bonds is 3. The fourth-order valence-electron chi connectivity index (χ4n) is 2.05. The van der Waals surface area contributed by atoms with Gasteiger partial charge in [-0.05, 0) is 31.2 Å². The summed E-state index contributed by atoms with van der Waals surface area (Å²) < 4.78 is 26.8. The molecule has 3 N–H and O–H groups in total. The first-order valence-corrected chi connectivity index (χ1v) is 7.06. The number of aryl methyl sites for hydroxylation is 1. The Hall–Kier alpha value is -2.28. The maximum atomic E-state index is 13.6. The molecule has 0 fully saturated rings. The van der Waals surface area contributed by atoms with Gasteiger partial charge in [0.25, 0.3) is 0 Å². The highest BCUT2D eigenvalue weighted by atomic mass is 32.1. The number of hydrogen-bond acceptors (Lipinski definition) is 5. The number of fused-ring (bicyclic) bond motifs is 1. The van der Waals surface area contributed by atoms with Crippen LogP contribution >= 0.6 is 11.3 Å². The second-order valence-electron chi connectivity index (χ2n) is 4.60. The molecule has 1 aromatic carbocycles. The summed E-state index contributed by atoms with van der Waals surface area (Å²) in [5, 5.41) is 3.82. The summed E-state index contributed by atoms with van der Waals surface area (Å²) in [6.45, 7) is 2.07. The van der Waals surface area contributed by atoms with Crippen LogP contribution in [0.25, 0.3) is 10.2 Å². The minimum Gasteiger partial charge on any atom is -0.368 e. The fraction of sp³-hybridized carbons (Fsp3) is 0.143. The number of nitrogens with one attached hydrogen (secondary N) is 1. The molecule has 3 rings (SSSR count). The lowest BCUT2D eigenvalue weighted by Gasteiger charge is -2.08. The van der Waals surface area contributed by atoms with Gasteiger partial charge < -0.3 is 11.1 Å². The van der Waals surface area contributed by atoms with E-state index in [9.17, 15) is 8.78 Å². The highest BCUT2D eigenvalue weighted by Crippen LogP contribution is 2.29. The van der Waals surface area contributed by atoms with E-state index >= 15 is 0 Å². The number of hydrogen-bond donors (Lipinski definition) is 2. The highest BCUT2D eigenvalue weighted by molar-refractivity contribution is 7.18. The lowest BCUT2D eigenvalue weighted by Crippen LogP contribution is -2.06. The van der Waals surface area contributed by atoms with E-state index in [0.29, 0.717) is 5.82 Å². The molecule has 2 heterocycles. The van der Waals surface area contributed by atoms with E-state index < -0.39 is 11.6 Å². The van der Waals surface area contributed by atoms with Gasteiger partial charge in [0.15, 0.2) is 0 Å². The zero-order chi connectivity index (χ0) is 15.0. The van der Waals surface area contributed by atoms with E-state index in [4.69, 9.17) is 5.73 Å². The van der Waals surface area contributed by atoms with E-state index in [0.717, 1.165) is 33.3 Å². The quantitative estimate of drug-likeness (QED) is 0.777. The molecule has 0 aliphatic carbocycles. The Bertz CT molecular complexity index is 816. The van der Waals surface area contributed by atoms with Gasteiger partial charge in [0.05, 0.1) is 5.39 Å². The van der Waals surface area contributed by atoms with Crippen LogP contribution in [0, 0.1) is 18.6 Å². The number of nitrogens with two attached hydrogens (primary N) is 1. The van der Waals surface area contributed by atoms with Gasteiger partial charge in [-0.2, -0.15) is 4.98 Å². The second kappa shape index (κ2) is 5.25. The summed E-state index contributed by atoms with van der Waals surface area (Å²) in [5.74, 6) is -0.285. The smallest absolute Gasteiger partial charge is 0.223 e. The van der Waals surface area contributed by atoms with Crippen molar-refractivity contribution in [2.24, 2.45) is 0 Å². The fourth-order valence-corrected chi connectivity index (χ4v) is 2.94. The molecule has 0 saturated carbocycles. The van der Waals surface area contributed by atoms with Crippen LogP contribution in [-0.2, 0) is 6.54 Å². The average Bonchev–Trinajstić information content (AvgIpc) is 2.79. The third-order valence-electron chi connectivity index (χ3n) is 2.99. The Morgan fingerprint density at radius 1 is 1.24 bits per heavy atom. The van der Waals surface area contributed by atoms with Crippen molar-refractivity contribution < 1.29 is 8.78 Å². The average molecular weight is 306 g/mol. The van der Waals surface area contributed by atoms with Crippen molar-refractivity contribution in [2.45, 2.75) is 13.5 Å². The van der Waals surface area contributed by atoms with E-state index in [2.05, 4.69) is 15.3 Å². The SMILES string of the molecule is Cc1cc2c(NCc3cc(F)ccc3F)nc(N)nc2s1. The molecule has 0 aliphatic heterocycles. The standard InChI is InChI=1S/C14H12F2N4S/c1-7-4-10-12(19-14(17)20-13(10)21-7)18-6-8-5-9(15)2-3-11(8)16/h2-5H,6H2,1H3,(H3,17,18,19,20). The molecule has 4 nitrogen and oxygen atoms in total. The molecule has 0 bridgehead atoms. The number of nitrogens with zero attached hydrogens (tertiary/aromatic N) is 2. The first-order chi connectivity index (χ1) is 10.0. The van der Waals surface area contributed by atoms with Crippen molar-refractivity contribution in [1.82, 2.24) is 9.97 Å². The number of anilines is 2. The van der Waals surface area contributed by atoms with Crippen LogP contribution < -0.4 is 11.1 Å². The predicted octanol–water partition coefficient (Wildman–Crippen LogP) is 3.47. The van der Waals surface area contributed by atoms with Crippen LogP contribution in [0.3, 0.4) is 0 Å². The summed E-state index contributed by atoms with van der Waals surface area (Å²) >= 11 is 1.50. The summed E-state index contributed by atoms with van der Waals surface area (Å²) in [4.78, 5) is 10.1. The van der Waals surface area contributed by atoms with Crippen LogP contribution in [0.15, 0.2) is 24.3 Å². The summed E-state index contributed by atoms with van der Waals surface area (Å²) in [6.07, 6.45) is 0. The molecule has 0 radical (unpaired) electrons. The lowest BCUT2D eigenvalue weighted by molar-refractivity contribution is 0.587. The maximum Gasteiger partial charge on any atom is 0.223 e. The third kappa shape index (κ3) is 2.78. The summed E-state index contributed by atoms with van der Waals surface area (Å²) in [5.41, 5.74) is 5.90. The monoisotopic (exact) mass is 306 g/mol. The Morgan fingerprint density at radius 3 is 2.86 bits per heavy atom. The number of halogens is 2. The minimum atomic E-state index is -0.480. The number of benzene rings is 1. The molecule has 0 amide bonds. The number of thiophene rings is 1. The molecule has 7 heteroatoms. The summed E-state index contributed by atoms with van der Waals surface area (Å²) in [7, 11) is 0. The molecular formula is C14H12F2N4S. The Balaban J connectivity index is 1.93. The van der Waals surface area contributed by atoms with E-state index in [1.807, 2.05) is 13.0 Å². The molecule has 0 aliphatic rings. The molecule has 0 saturated heterocycles. The van der Waals surface area contributed by atoms with Gasteiger partial charge in [-0.3, -0.25) is 0 Å². The van der Waals surface area contributed by atoms with E-state index in [1.54, 1.807) is 0 Å². The van der Waals surface area contributed by atoms with Crippen LogP contribution in [0.4, 0.5) is 20.5 Å². The number of nitrogen functional groups attached to an aromatic ring is 1. The summed E-state index contributed by atoms with van der Waals surface area (Å²) in [6, 6.07) is 5.28. The molecule has 0 spiro atoms. The van der Waals surface area contributed by atoms with E-state index in [-0.39, 0.29) is 18.1 Å². The zero-order valence-electron chi connectivity index (χ0n) is 11.2. The van der Waals surface area contributed by atoms with Crippen LogP contribution in [0.2, 0.25) is 0 Å². The van der Waals surface area contributed by atoms with Crippen molar-refractivity contribution >= 4 is 33.3 Å². The molecule has 0 unspecified atom stereocenters. The zero-order valence-corrected chi connectivity index (χ0v) is 12.0. The maximum absolute atomic E-state index is 13.6. The molecule has 21 heavy (non-hydrogen) atoms. The highest BCUT2D eigenvalue weighted by Gasteiger charge is 2.10. The van der Waals surface area contributed by atoms with Gasteiger partial charge in [-0.25, -0.2) is 13.8 Å². The van der Waals surface area contributed by atoms with Gasteiger partial charge in [-0.1, -0.05) is 0 Å². The first kappa shape index (κ1) is 13.7. The van der Waals surface area contributed by atoms with Crippen LogP contribution in [0.5, 0.6) is 0 Å². The molecule has 2 aromatic heterocycles. The largest absolute Gasteiger partial charge is 0.368 e. The Kier molecular flexibility index (Phi) is 3.42. The van der Waals surface area contributed by atoms with Gasteiger partial charge in [0, 0.05) is 17.0 Å². The van der Waals surface area contributed by atoms with Gasteiger partial charge >= 0.3 is 0 Å². The molecule has 0 atom stereocenters. The third-order valence-corrected chi connectivity index (χ3v) is 3.93. The molecular weight excluding hydrogens is 294 g/mol. The van der Waals surface area contributed by atoms with E-state index in [1.165, 1.54) is 11.3 Å². The molecule has 108 valence electrons. The first-order valence-electron chi connectivity index (χ1n) is 6.24. The van der Waals surface area contributed by atoms with Crippen molar-refractivity contribution in [2.75, 3.05) is 11.1 Å². The van der Waals surface area contributed by atoms with Crippen LogP contribution in [0.1, 0.15) is 10.4 Å².